The molecule has 19 heavy (non-hydrogen) atoms. The molecular formula is C14H14O4S. The number of aromatic hydroxyl groups is 2. The quantitative estimate of drug-likeness (QED) is 0.885. The Labute approximate surface area is 111 Å². The summed E-state index contributed by atoms with van der Waals surface area (Å²) in [4.78, 5) is -0.0486. The van der Waals surface area contributed by atoms with Crippen LogP contribution in [0.3, 0.4) is 0 Å². The third kappa shape index (κ3) is 2.29. The van der Waals surface area contributed by atoms with Crippen molar-refractivity contribution in [2.45, 2.75) is 23.6 Å². The minimum absolute atomic E-state index is 0.0101. The van der Waals surface area contributed by atoms with Crippen LogP contribution in [0, 0.1) is 13.8 Å². The zero-order valence-electron chi connectivity index (χ0n) is 10.6. The maximum Gasteiger partial charge on any atom is 0.210 e. The van der Waals surface area contributed by atoms with Crippen LogP contribution < -0.4 is 0 Å². The summed E-state index contributed by atoms with van der Waals surface area (Å²) in [6.45, 7) is 3.27. The van der Waals surface area contributed by atoms with Gasteiger partial charge in [-0.2, -0.15) is 0 Å². The number of rotatable bonds is 2. The Balaban J connectivity index is 2.70. The lowest BCUT2D eigenvalue weighted by molar-refractivity contribution is 0.453. The van der Waals surface area contributed by atoms with Crippen LogP contribution in [0.15, 0.2) is 46.2 Å². The van der Waals surface area contributed by atoms with Crippen molar-refractivity contribution in [3.8, 4) is 11.5 Å². The fraction of sp³-hybridized carbons (Fsp3) is 0.143. The predicted molar refractivity (Wildman–Crippen MR) is 71.1 cm³/mol. The average molecular weight is 278 g/mol. The van der Waals surface area contributed by atoms with E-state index in [0.29, 0.717) is 11.1 Å². The first-order chi connectivity index (χ1) is 8.84. The Hall–Kier alpha value is -2.01. The molecule has 5 heteroatoms. The van der Waals surface area contributed by atoms with Gasteiger partial charge in [0.15, 0.2) is 0 Å². The molecule has 4 nitrogen and oxygen atoms in total. The number of phenolic OH excluding ortho intramolecular Hbond substituents is 2. The van der Waals surface area contributed by atoms with Gasteiger partial charge in [-0.3, -0.25) is 0 Å². The lowest BCUT2D eigenvalue weighted by Gasteiger charge is -2.11. The van der Waals surface area contributed by atoms with Crippen LogP contribution in [0.25, 0.3) is 0 Å². The zero-order valence-corrected chi connectivity index (χ0v) is 11.4. The second-order valence-electron chi connectivity index (χ2n) is 4.37. The van der Waals surface area contributed by atoms with E-state index in [9.17, 15) is 18.6 Å². The molecule has 0 aliphatic heterocycles. The summed E-state index contributed by atoms with van der Waals surface area (Å²) < 4.78 is 25.0. The molecule has 0 heterocycles. The Morgan fingerprint density at radius 1 is 0.842 bits per heavy atom. The normalized spacial score (nSPS) is 11.5. The highest BCUT2D eigenvalue weighted by molar-refractivity contribution is 7.91. The standard InChI is InChI=1S/C14H14O4S/c1-9-3-4-10(2)14(13(9)16)19(17,18)12-7-5-11(15)6-8-12/h3-8,15-16H,1-2H3. The molecule has 0 saturated heterocycles. The van der Waals surface area contributed by atoms with Gasteiger partial charge in [0.1, 0.15) is 16.4 Å². The summed E-state index contributed by atoms with van der Waals surface area (Å²) in [6, 6.07) is 8.55. The minimum atomic E-state index is -3.80. The summed E-state index contributed by atoms with van der Waals surface area (Å²) in [7, 11) is -3.80. The van der Waals surface area contributed by atoms with E-state index in [-0.39, 0.29) is 21.3 Å². The molecule has 0 unspecified atom stereocenters. The molecule has 0 fully saturated rings. The van der Waals surface area contributed by atoms with E-state index in [1.807, 2.05) is 0 Å². The van der Waals surface area contributed by atoms with Gasteiger partial charge in [0, 0.05) is 0 Å². The number of sulfone groups is 1. The Bertz CT molecular complexity index is 716. The molecule has 0 amide bonds. The smallest absolute Gasteiger partial charge is 0.210 e. The molecule has 2 aromatic carbocycles. The molecule has 2 rings (SSSR count). The first kappa shape index (κ1) is 13.4. The predicted octanol–water partition coefficient (Wildman–Crippen LogP) is 2.55. The highest BCUT2D eigenvalue weighted by Crippen LogP contribution is 2.34. The maximum atomic E-state index is 12.5. The number of benzene rings is 2. The van der Waals surface area contributed by atoms with Crippen LogP contribution in [0.4, 0.5) is 0 Å². The fourth-order valence-electron chi connectivity index (χ4n) is 1.85. The second kappa shape index (κ2) is 4.59. The minimum Gasteiger partial charge on any atom is -0.508 e. The van der Waals surface area contributed by atoms with Gasteiger partial charge in [0.25, 0.3) is 0 Å². The van der Waals surface area contributed by atoms with Gasteiger partial charge < -0.3 is 10.2 Å². The van der Waals surface area contributed by atoms with Gasteiger partial charge in [-0.25, -0.2) is 8.42 Å². The SMILES string of the molecule is Cc1ccc(C)c(S(=O)(=O)c2ccc(O)cc2)c1O. The lowest BCUT2D eigenvalue weighted by Crippen LogP contribution is -2.05. The third-order valence-electron chi connectivity index (χ3n) is 2.95. The van der Waals surface area contributed by atoms with Crippen molar-refractivity contribution < 1.29 is 18.6 Å². The van der Waals surface area contributed by atoms with Crippen LogP contribution in [0.1, 0.15) is 11.1 Å². The summed E-state index contributed by atoms with van der Waals surface area (Å²) in [6.07, 6.45) is 0. The maximum absolute atomic E-state index is 12.5. The fourth-order valence-corrected chi connectivity index (χ4v) is 3.49. The van der Waals surface area contributed by atoms with Gasteiger partial charge in [-0.15, -0.1) is 0 Å². The molecule has 0 aromatic heterocycles. The van der Waals surface area contributed by atoms with Crippen molar-refractivity contribution in [2.24, 2.45) is 0 Å². The monoisotopic (exact) mass is 278 g/mol. The largest absolute Gasteiger partial charge is 0.508 e. The average Bonchev–Trinajstić information content (AvgIpc) is 2.34. The van der Waals surface area contributed by atoms with E-state index in [0.717, 1.165) is 0 Å². The van der Waals surface area contributed by atoms with E-state index in [2.05, 4.69) is 0 Å². The molecule has 0 aliphatic rings. The number of aryl methyl sites for hydroxylation is 2. The molecule has 100 valence electrons. The lowest BCUT2D eigenvalue weighted by atomic mass is 10.1. The van der Waals surface area contributed by atoms with Crippen molar-refractivity contribution in [3.05, 3.63) is 47.5 Å². The molecule has 0 spiro atoms. The summed E-state index contributed by atoms with van der Waals surface area (Å²) in [5.41, 5.74) is 0.985. The van der Waals surface area contributed by atoms with Crippen LogP contribution in [-0.4, -0.2) is 18.6 Å². The van der Waals surface area contributed by atoms with E-state index in [1.165, 1.54) is 24.3 Å². The highest BCUT2D eigenvalue weighted by atomic mass is 32.2. The molecule has 0 bridgehead atoms. The van der Waals surface area contributed by atoms with Gasteiger partial charge in [0.2, 0.25) is 9.84 Å². The van der Waals surface area contributed by atoms with E-state index in [1.54, 1.807) is 26.0 Å². The molecule has 2 aromatic rings. The third-order valence-corrected chi connectivity index (χ3v) is 4.89. The molecule has 0 saturated carbocycles. The Morgan fingerprint density at radius 2 is 1.37 bits per heavy atom. The van der Waals surface area contributed by atoms with Crippen molar-refractivity contribution in [2.75, 3.05) is 0 Å². The Morgan fingerprint density at radius 3 is 1.95 bits per heavy atom. The summed E-state index contributed by atoms with van der Waals surface area (Å²) >= 11 is 0. The van der Waals surface area contributed by atoms with Crippen molar-refractivity contribution in [1.29, 1.82) is 0 Å². The zero-order chi connectivity index (χ0) is 14.2. The Kier molecular flexibility index (Phi) is 3.24. The molecule has 0 atom stereocenters. The second-order valence-corrected chi connectivity index (χ2v) is 6.26. The van der Waals surface area contributed by atoms with Crippen LogP contribution in [-0.2, 0) is 9.84 Å². The van der Waals surface area contributed by atoms with Crippen molar-refractivity contribution in [3.63, 3.8) is 0 Å². The topological polar surface area (TPSA) is 74.6 Å². The van der Waals surface area contributed by atoms with Crippen LogP contribution >= 0.6 is 0 Å². The molecule has 0 radical (unpaired) electrons. The molecule has 0 aliphatic carbocycles. The van der Waals surface area contributed by atoms with Gasteiger partial charge >= 0.3 is 0 Å². The van der Waals surface area contributed by atoms with E-state index in [4.69, 9.17) is 0 Å². The first-order valence-corrected chi connectivity index (χ1v) is 7.15. The van der Waals surface area contributed by atoms with E-state index < -0.39 is 9.84 Å². The van der Waals surface area contributed by atoms with E-state index >= 15 is 0 Å². The highest BCUT2D eigenvalue weighted by Gasteiger charge is 2.24. The summed E-state index contributed by atoms with van der Waals surface area (Å²) in [5, 5.41) is 19.2. The van der Waals surface area contributed by atoms with Crippen LogP contribution in [0.5, 0.6) is 11.5 Å². The number of hydrogen-bond donors (Lipinski definition) is 2. The number of phenols is 2. The molecular weight excluding hydrogens is 264 g/mol. The van der Waals surface area contributed by atoms with Gasteiger partial charge in [-0.1, -0.05) is 12.1 Å². The molecule has 2 N–H and O–H groups in total. The first-order valence-electron chi connectivity index (χ1n) is 5.67. The summed E-state index contributed by atoms with van der Waals surface area (Å²) in [5.74, 6) is -0.239. The van der Waals surface area contributed by atoms with Crippen LogP contribution in [0.2, 0.25) is 0 Å². The number of hydrogen-bond acceptors (Lipinski definition) is 4. The van der Waals surface area contributed by atoms with Gasteiger partial charge in [0.05, 0.1) is 4.90 Å². The van der Waals surface area contributed by atoms with Gasteiger partial charge in [-0.05, 0) is 49.2 Å². The van der Waals surface area contributed by atoms with Crippen molar-refractivity contribution in [1.82, 2.24) is 0 Å². The van der Waals surface area contributed by atoms with Crippen molar-refractivity contribution >= 4 is 9.84 Å².